The summed E-state index contributed by atoms with van der Waals surface area (Å²) < 4.78 is 68.6. The van der Waals surface area contributed by atoms with Crippen molar-refractivity contribution in [3.63, 3.8) is 0 Å². The summed E-state index contributed by atoms with van der Waals surface area (Å²) >= 11 is 0. The Balaban J connectivity index is 5.50. The van der Waals surface area contributed by atoms with E-state index in [2.05, 4.69) is 167 Å². The lowest BCUT2D eigenvalue weighted by Crippen LogP contribution is -2.30. The summed E-state index contributed by atoms with van der Waals surface area (Å²) in [5.41, 5.74) is 0. The molecular formula is C89H148O17P2. The van der Waals surface area contributed by atoms with Gasteiger partial charge in [-0.3, -0.25) is 37.3 Å². The minimum Gasteiger partial charge on any atom is -0.462 e. The highest BCUT2D eigenvalue weighted by molar-refractivity contribution is 7.47. The summed E-state index contributed by atoms with van der Waals surface area (Å²) in [5, 5.41) is 10.7. The highest BCUT2D eigenvalue weighted by atomic mass is 31.2. The van der Waals surface area contributed by atoms with E-state index in [9.17, 15) is 43.2 Å². The lowest BCUT2D eigenvalue weighted by molar-refractivity contribution is -0.161. The van der Waals surface area contributed by atoms with Crippen LogP contribution in [0.25, 0.3) is 0 Å². The van der Waals surface area contributed by atoms with Gasteiger partial charge in [0.15, 0.2) is 12.2 Å². The van der Waals surface area contributed by atoms with Crippen LogP contribution in [0.2, 0.25) is 0 Å². The third-order valence-corrected chi connectivity index (χ3v) is 18.9. The minimum atomic E-state index is -5.01. The second-order valence-electron chi connectivity index (χ2n) is 27.3. The number of phosphoric ester groups is 2. The molecule has 0 spiro atoms. The molecule has 0 aliphatic rings. The quantitative estimate of drug-likeness (QED) is 0.0169. The monoisotopic (exact) mass is 1550 g/mol. The maximum Gasteiger partial charge on any atom is 0.472 e. The van der Waals surface area contributed by atoms with Gasteiger partial charge in [0.2, 0.25) is 0 Å². The molecule has 5 atom stereocenters. The Kier molecular flexibility index (Phi) is 75.8. The molecule has 0 aromatic rings. The van der Waals surface area contributed by atoms with Crippen LogP contribution in [0, 0.1) is 0 Å². The van der Waals surface area contributed by atoms with Gasteiger partial charge in [-0.25, -0.2) is 9.13 Å². The standard InChI is InChI=1S/C89H148O17P2/c1-5-9-13-17-21-25-29-33-37-39-41-43-47-51-55-59-63-67-71-75-88(93)105-84(79-99-86(91)73-69-65-61-57-53-49-45-35-31-27-23-19-15-11-7-3)81-103-107(95,96)101-77-83(90)78-102-108(97,98)104-82-85(80-100-87(92)74-70-66-62-58-54-50-46-36-32-28-24-20-16-12-8-4)106-89(94)76-72-68-64-60-56-52-48-44-42-40-38-34-30-26-22-18-14-10-6-2/h9,13,21-23,25-28,32-35,37-38,41-45,51-52,55-56,64,68,83-85,90H,5-8,10-12,14-20,24,29-31,36,39-40,46-50,53-54,57-63,65-67,69-82H2,1-4H3,(H,95,96)(H,97,98)/b13-9-,25-21-,26-22-,27-23-,32-28-,37-33-,38-34-,43-41-,44-42-,45-35-,55-51-,56-52-,68-64-/t83-,84-,85-/m1/s1. The fourth-order valence-corrected chi connectivity index (χ4v) is 12.2. The third kappa shape index (κ3) is 78.8. The van der Waals surface area contributed by atoms with Crippen molar-refractivity contribution in [2.24, 2.45) is 0 Å². The number of hydrogen-bond donors (Lipinski definition) is 3. The van der Waals surface area contributed by atoms with Gasteiger partial charge >= 0.3 is 39.5 Å². The first-order valence-corrected chi connectivity index (χ1v) is 44.7. The minimum absolute atomic E-state index is 0.0341. The Labute approximate surface area is 655 Å². The average Bonchev–Trinajstić information content (AvgIpc) is 0.907. The molecule has 0 heterocycles. The number of hydrogen-bond acceptors (Lipinski definition) is 15. The van der Waals surface area contributed by atoms with E-state index in [0.29, 0.717) is 32.1 Å². The van der Waals surface area contributed by atoms with Gasteiger partial charge in [0.1, 0.15) is 19.3 Å². The van der Waals surface area contributed by atoms with Crippen molar-refractivity contribution in [3.05, 3.63) is 158 Å². The van der Waals surface area contributed by atoms with Crippen LogP contribution < -0.4 is 0 Å². The second-order valence-corrected chi connectivity index (χ2v) is 30.2. The van der Waals surface area contributed by atoms with Crippen molar-refractivity contribution in [2.45, 2.75) is 341 Å². The zero-order chi connectivity index (χ0) is 78.9. The van der Waals surface area contributed by atoms with Crippen LogP contribution >= 0.6 is 15.6 Å². The highest BCUT2D eigenvalue weighted by Gasteiger charge is 2.30. The van der Waals surface area contributed by atoms with Crippen molar-refractivity contribution < 1.29 is 80.2 Å². The molecule has 108 heavy (non-hydrogen) atoms. The Hall–Kier alpha value is -5.32. The summed E-state index contributed by atoms with van der Waals surface area (Å²) in [6.45, 7) is 4.56. The molecule has 19 heteroatoms. The Bertz CT molecular complexity index is 2660. The molecule has 0 amide bonds. The van der Waals surface area contributed by atoms with Gasteiger partial charge in [-0.15, -0.1) is 0 Å². The van der Waals surface area contributed by atoms with Crippen LogP contribution in [0.15, 0.2) is 158 Å². The Morgan fingerprint density at radius 2 is 0.500 bits per heavy atom. The normalized spacial score (nSPS) is 14.6. The number of carbonyl (C=O) groups excluding carboxylic acids is 4. The van der Waals surface area contributed by atoms with Crippen LogP contribution in [0.3, 0.4) is 0 Å². The second kappa shape index (κ2) is 79.8. The molecule has 0 aliphatic heterocycles. The van der Waals surface area contributed by atoms with Crippen LogP contribution in [0.1, 0.15) is 323 Å². The zero-order valence-electron chi connectivity index (χ0n) is 67.5. The van der Waals surface area contributed by atoms with Gasteiger partial charge in [-0.1, -0.05) is 288 Å². The number of unbranched alkanes of at least 4 members (excludes halogenated alkanes) is 25. The van der Waals surface area contributed by atoms with Gasteiger partial charge in [0.05, 0.1) is 26.4 Å². The van der Waals surface area contributed by atoms with Crippen LogP contribution in [0.4, 0.5) is 0 Å². The number of aliphatic hydroxyl groups is 1. The van der Waals surface area contributed by atoms with E-state index in [-0.39, 0.29) is 25.7 Å². The summed E-state index contributed by atoms with van der Waals surface area (Å²) in [6, 6.07) is 0. The molecule has 0 fully saturated rings. The molecule has 616 valence electrons. The zero-order valence-corrected chi connectivity index (χ0v) is 69.3. The SMILES string of the molecule is CC/C=C\C/C=C\C/C=C\C/C=C\C/C=C\CCCCCC(=O)O[C@H](COC(=O)CCCCCCC/C=C\C/C=C\CCCCC)COP(=O)(O)OC[C@@H](O)COP(=O)(O)OC[C@@H](COC(=O)CCCCCCCCC/C=C\CCCCCC)OC(=O)CC/C=C\C/C=C\C/C=C\C/C=C\C/C=C\CCCCC. The number of ether oxygens (including phenoxy) is 4. The van der Waals surface area contributed by atoms with Crippen molar-refractivity contribution in [3.8, 4) is 0 Å². The molecule has 0 bridgehead atoms. The predicted molar refractivity (Wildman–Crippen MR) is 445 cm³/mol. The third-order valence-electron chi connectivity index (χ3n) is 17.0. The molecular weight excluding hydrogens is 1400 g/mol. The van der Waals surface area contributed by atoms with Crippen molar-refractivity contribution in [1.82, 2.24) is 0 Å². The lowest BCUT2D eigenvalue weighted by Gasteiger charge is -2.21. The van der Waals surface area contributed by atoms with Gasteiger partial charge in [0, 0.05) is 25.7 Å². The first-order valence-electron chi connectivity index (χ1n) is 41.7. The van der Waals surface area contributed by atoms with Crippen LogP contribution in [0.5, 0.6) is 0 Å². The number of rotatable bonds is 77. The van der Waals surface area contributed by atoms with Gasteiger partial charge in [-0.05, 0) is 167 Å². The summed E-state index contributed by atoms with van der Waals surface area (Å²) in [5.74, 6) is -2.33. The maximum atomic E-state index is 13.1. The van der Waals surface area contributed by atoms with E-state index >= 15 is 0 Å². The molecule has 0 saturated heterocycles. The Morgan fingerprint density at radius 1 is 0.269 bits per heavy atom. The Morgan fingerprint density at radius 3 is 0.833 bits per heavy atom. The first kappa shape index (κ1) is 103. The fraction of sp³-hybridized carbons (Fsp3) is 0.663. The highest BCUT2D eigenvalue weighted by Crippen LogP contribution is 2.45. The van der Waals surface area contributed by atoms with Crippen LogP contribution in [-0.2, 0) is 65.4 Å². The smallest absolute Gasteiger partial charge is 0.462 e. The molecule has 0 saturated carbocycles. The van der Waals surface area contributed by atoms with E-state index in [0.717, 1.165) is 173 Å². The van der Waals surface area contributed by atoms with Crippen LogP contribution in [-0.4, -0.2) is 96.7 Å². The molecule has 0 radical (unpaired) electrons. The van der Waals surface area contributed by atoms with Crippen molar-refractivity contribution in [2.75, 3.05) is 39.6 Å². The number of carbonyl (C=O) groups is 4. The van der Waals surface area contributed by atoms with E-state index in [1.807, 2.05) is 18.2 Å². The number of esters is 4. The predicted octanol–water partition coefficient (Wildman–Crippen LogP) is 24.8. The van der Waals surface area contributed by atoms with E-state index in [1.54, 1.807) is 0 Å². The largest absolute Gasteiger partial charge is 0.472 e. The van der Waals surface area contributed by atoms with Crippen molar-refractivity contribution >= 4 is 39.5 Å². The average molecular weight is 1550 g/mol. The summed E-state index contributed by atoms with van der Waals surface area (Å²) in [7, 11) is -10.0. The summed E-state index contributed by atoms with van der Waals surface area (Å²) in [4.78, 5) is 73.1. The van der Waals surface area contributed by atoms with Crippen molar-refractivity contribution in [1.29, 1.82) is 0 Å². The number of allylic oxidation sites excluding steroid dienone is 26. The molecule has 0 aromatic heterocycles. The molecule has 2 unspecified atom stereocenters. The maximum absolute atomic E-state index is 13.1. The topological polar surface area (TPSA) is 237 Å². The molecule has 0 aromatic carbocycles. The fourth-order valence-electron chi connectivity index (χ4n) is 10.6. The molecule has 0 aliphatic carbocycles. The summed E-state index contributed by atoms with van der Waals surface area (Å²) in [6.07, 6.45) is 93.7. The van der Waals surface area contributed by atoms with Gasteiger partial charge in [-0.2, -0.15) is 0 Å². The van der Waals surface area contributed by atoms with Gasteiger partial charge in [0.25, 0.3) is 0 Å². The van der Waals surface area contributed by atoms with E-state index in [1.165, 1.54) is 64.2 Å². The number of phosphoric acid groups is 2. The van der Waals surface area contributed by atoms with E-state index in [4.69, 9.17) is 37.0 Å². The lowest BCUT2D eigenvalue weighted by atomic mass is 10.1. The van der Waals surface area contributed by atoms with E-state index < -0.39 is 97.5 Å². The first-order chi connectivity index (χ1) is 52.7. The number of aliphatic hydroxyl groups excluding tert-OH is 1. The molecule has 3 N–H and O–H groups in total. The molecule has 0 rings (SSSR count). The van der Waals surface area contributed by atoms with Gasteiger partial charge < -0.3 is 33.8 Å². The molecule has 17 nitrogen and oxygen atoms in total.